The lowest BCUT2D eigenvalue weighted by Gasteiger charge is -2.24. The Morgan fingerprint density at radius 3 is 2.25 bits per heavy atom. The minimum atomic E-state index is 0.0865. The molecule has 3 N–H and O–H groups in total. The van der Waals surface area contributed by atoms with Crippen LogP contribution in [0.25, 0.3) is 0 Å². The van der Waals surface area contributed by atoms with Gasteiger partial charge in [-0.3, -0.25) is 4.79 Å². The number of benzene rings is 1. The van der Waals surface area contributed by atoms with Crippen molar-refractivity contribution in [2.24, 2.45) is 5.73 Å². The fourth-order valence-corrected chi connectivity index (χ4v) is 2.17. The summed E-state index contributed by atoms with van der Waals surface area (Å²) in [5.41, 5.74) is 7.76. The molecular weight excluding hydrogens is 250 g/mol. The first-order chi connectivity index (χ1) is 9.64. The smallest absolute Gasteiger partial charge is 0.239 e. The van der Waals surface area contributed by atoms with Crippen molar-refractivity contribution in [3.05, 3.63) is 29.8 Å². The van der Waals surface area contributed by atoms with Gasteiger partial charge in [0.1, 0.15) is 0 Å². The number of carbonyl (C=O) groups excluding carboxylic acids is 1. The third-order valence-corrected chi connectivity index (χ3v) is 3.60. The van der Waals surface area contributed by atoms with Gasteiger partial charge in [0.05, 0.1) is 6.54 Å². The van der Waals surface area contributed by atoms with Crippen LogP contribution in [0, 0.1) is 0 Å². The Kier molecular flexibility index (Phi) is 7.09. The summed E-state index contributed by atoms with van der Waals surface area (Å²) in [7, 11) is 0. The van der Waals surface area contributed by atoms with Gasteiger partial charge in [0.15, 0.2) is 0 Å². The summed E-state index contributed by atoms with van der Waals surface area (Å²) in [4.78, 5) is 14.1. The average molecular weight is 277 g/mol. The quantitative estimate of drug-likeness (QED) is 0.766. The van der Waals surface area contributed by atoms with Crippen molar-refractivity contribution in [3.63, 3.8) is 0 Å². The van der Waals surface area contributed by atoms with Crippen molar-refractivity contribution in [1.82, 2.24) is 5.32 Å². The van der Waals surface area contributed by atoms with Crippen LogP contribution >= 0.6 is 0 Å². The molecule has 0 aliphatic rings. The molecule has 112 valence electrons. The van der Waals surface area contributed by atoms with E-state index in [1.165, 1.54) is 0 Å². The molecule has 0 saturated carbocycles. The topological polar surface area (TPSA) is 58.4 Å². The molecule has 4 nitrogen and oxygen atoms in total. The zero-order valence-electron chi connectivity index (χ0n) is 12.9. The molecule has 0 aromatic heterocycles. The van der Waals surface area contributed by atoms with E-state index in [1.54, 1.807) is 0 Å². The van der Waals surface area contributed by atoms with Crippen molar-refractivity contribution in [2.75, 3.05) is 18.0 Å². The van der Waals surface area contributed by atoms with Crippen molar-refractivity contribution >= 4 is 11.6 Å². The Balaban J connectivity index is 2.63. The second kappa shape index (κ2) is 8.59. The first-order valence-electron chi connectivity index (χ1n) is 7.47. The van der Waals surface area contributed by atoms with E-state index in [0.717, 1.165) is 30.6 Å². The molecule has 0 bridgehead atoms. The van der Waals surface area contributed by atoms with Crippen molar-refractivity contribution in [1.29, 1.82) is 0 Å². The van der Waals surface area contributed by atoms with E-state index in [4.69, 9.17) is 5.73 Å². The van der Waals surface area contributed by atoms with Gasteiger partial charge in [0, 0.05) is 24.8 Å². The number of nitrogens with zero attached hydrogens (tertiary/aromatic N) is 1. The molecule has 1 aromatic carbocycles. The number of carbonyl (C=O) groups is 1. The molecule has 4 heteroatoms. The molecule has 0 spiro atoms. The molecule has 1 amide bonds. The van der Waals surface area contributed by atoms with Gasteiger partial charge in [0.25, 0.3) is 0 Å². The second-order valence-corrected chi connectivity index (χ2v) is 4.97. The van der Waals surface area contributed by atoms with Crippen molar-refractivity contribution in [2.45, 2.75) is 46.2 Å². The van der Waals surface area contributed by atoms with E-state index in [0.29, 0.717) is 13.1 Å². The van der Waals surface area contributed by atoms with Gasteiger partial charge in [-0.25, -0.2) is 0 Å². The summed E-state index contributed by atoms with van der Waals surface area (Å²) >= 11 is 0. The number of rotatable bonds is 8. The molecule has 0 aliphatic heterocycles. The van der Waals surface area contributed by atoms with Crippen LogP contribution in [0.4, 0.5) is 5.69 Å². The van der Waals surface area contributed by atoms with Crippen LogP contribution in [-0.4, -0.2) is 25.0 Å². The Morgan fingerprint density at radius 2 is 1.80 bits per heavy atom. The lowest BCUT2D eigenvalue weighted by atomic mass is 10.1. The molecule has 20 heavy (non-hydrogen) atoms. The number of hydrogen-bond acceptors (Lipinski definition) is 3. The summed E-state index contributed by atoms with van der Waals surface area (Å²) in [6.45, 7) is 7.99. The molecule has 0 aliphatic carbocycles. The molecule has 0 unspecified atom stereocenters. The highest BCUT2D eigenvalue weighted by molar-refractivity contribution is 5.81. The Labute approximate surface area is 122 Å². The van der Waals surface area contributed by atoms with Crippen LogP contribution < -0.4 is 16.0 Å². The Morgan fingerprint density at radius 1 is 1.20 bits per heavy atom. The number of hydrogen-bond donors (Lipinski definition) is 2. The molecule has 1 aromatic rings. The van der Waals surface area contributed by atoms with E-state index >= 15 is 0 Å². The normalized spacial score (nSPS) is 10.7. The molecule has 0 atom stereocenters. The van der Waals surface area contributed by atoms with Crippen LogP contribution in [0.3, 0.4) is 0 Å². The minimum absolute atomic E-state index is 0.0865. The maximum Gasteiger partial charge on any atom is 0.239 e. The van der Waals surface area contributed by atoms with Gasteiger partial charge in [-0.1, -0.05) is 26.0 Å². The third kappa shape index (κ3) is 4.85. The predicted octanol–water partition coefficient (Wildman–Crippen LogP) is 2.28. The Bertz CT molecular complexity index is 399. The number of likely N-dealkylation sites (N-methyl/N-ethyl adjacent to an activating group) is 1. The fourth-order valence-electron chi connectivity index (χ4n) is 2.17. The largest absolute Gasteiger partial charge is 0.363 e. The maximum absolute atomic E-state index is 12.1. The monoisotopic (exact) mass is 277 g/mol. The first kappa shape index (κ1) is 16.5. The van der Waals surface area contributed by atoms with E-state index in [-0.39, 0.29) is 11.9 Å². The molecular formula is C16H27N3O. The fraction of sp³-hybridized carbons (Fsp3) is 0.562. The minimum Gasteiger partial charge on any atom is -0.363 e. The molecule has 0 saturated heterocycles. The van der Waals surface area contributed by atoms with E-state index in [2.05, 4.69) is 31.0 Å². The SMILES string of the molecule is CCC(CC)NC(=O)CN(CC)c1ccc(CN)cc1. The number of anilines is 1. The first-order valence-corrected chi connectivity index (χ1v) is 7.47. The summed E-state index contributed by atoms with van der Waals surface area (Å²) in [5.74, 6) is 0.0865. The maximum atomic E-state index is 12.1. The van der Waals surface area contributed by atoms with Crippen LogP contribution in [0.5, 0.6) is 0 Å². The highest BCUT2D eigenvalue weighted by Crippen LogP contribution is 2.14. The number of nitrogens with two attached hydrogens (primary N) is 1. The van der Waals surface area contributed by atoms with Crippen molar-refractivity contribution < 1.29 is 4.79 Å². The highest BCUT2D eigenvalue weighted by Gasteiger charge is 2.12. The summed E-state index contributed by atoms with van der Waals surface area (Å²) < 4.78 is 0. The standard InChI is InChI=1S/C16H27N3O/c1-4-14(5-2)18-16(20)12-19(6-3)15-9-7-13(11-17)8-10-15/h7-10,14H,4-6,11-12,17H2,1-3H3,(H,18,20). The summed E-state index contributed by atoms with van der Waals surface area (Å²) in [6.07, 6.45) is 1.94. The molecule has 1 rings (SSSR count). The molecule has 0 heterocycles. The zero-order chi connectivity index (χ0) is 15.0. The van der Waals surface area contributed by atoms with Crippen LogP contribution in [0.2, 0.25) is 0 Å². The van der Waals surface area contributed by atoms with Gasteiger partial charge in [-0.2, -0.15) is 0 Å². The average Bonchev–Trinajstić information content (AvgIpc) is 2.50. The second-order valence-electron chi connectivity index (χ2n) is 4.97. The van der Waals surface area contributed by atoms with E-state index in [9.17, 15) is 4.79 Å². The third-order valence-electron chi connectivity index (χ3n) is 3.60. The number of nitrogens with one attached hydrogen (secondary N) is 1. The van der Waals surface area contributed by atoms with Crippen molar-refractivity contribution in [3.8, 4) is 0 Å². The lowest BCUT2D eigenvalue weighted by molar-refractivity contribution is -0.120. The van der Waals surface area contributed by atoms with E-state index in [1.807, 2.05) is 24.3 Å². The zero-order valence-corrected chi connectivity index (χ0v) is 12.9. The summed E-state index contributed by atoms with van der Waals surface area (Å²) in [5, 5.41) is 3.07. The van der Waals surface area contributed by atoms with Gasteiger partial charge in [-0.05, 0) is 37.5 Å². The van der Waals surface area contributed by atoms with E-state index < -0.39 is 0 Å². The van der Waals surface area contributed by atoms with Gasteiger partial charge < -0.3 is 16.0 Å². The molecule has 0 fully saturated rings. The van der Waals surface area contributed by atoms with Gasteiger partial charge in [-0.15, -0.1) is 0 Å². The summed E-state index contributed by atoms with van der Waals surface area (Å²) in [6, 6.07) is 8.35. The van der Waals surface area contributed by atoms with Gasteiger partial charge in [0.2, 0.25) is 5.91 Å². The van der Waals surface area contributed by atoms with Gasteiger partial charge >= 0.3 is 0 Å². The number of amides is 1. The van der Waals surface area contributed by atoms with Crippen LogP contribution in [0.15, 0.2) is 24.3 Å². The predicted molar refractivity (Wildman–Crippen MR) is 84.7 cm³/mol. The van der Waals surface area contributed by atoms with Crippen LogP contribution in [-0.2, 0) is 11.3 Å². The lowest BCUT2D eigenvalue weighted by Crippen LogP contribution is -2.41. The molecule has 0 radical (unpaired) electrons. The Hall–Kier alpha value is -1.55. The van der Waals surface area contributed by atoms with Crippen LogP contribution in [0.1, 0.15) is 39.2 Å². The highest BCUT2D eigenvalue weighted by atomic mass is 16.2.